The Morgan fingerprint density at radius 2 is 1.87 bits per heavy atom. The van der Waals surface area contributed by atoms with E-state index in [1.165, 1.54) is 12.1 Å². The van der Waals surface area contributed by atoms with E-state index >= 15 is 0 Å². The van der Waals surface area contributed by atoms with Gasteiger partial charge in [-0.3, -0.25) is 19.7 Å². The fourth-order valence-electron chi connectivity index (χ4n) is 3.65. The zero-order chi connectivity index (χ0) is 21.4. The SMILES string of the molecule is Cc1c(/C=C2/C(=O)CC(=S)NC2=O)c2ccccc2n1Cc1ccc([N+](=O)[O-])cc1. The van der Waals surface area contributed by atoms with Crippen LogP contribution in [-0.2, 0) is 16.1 Å². The molecule has 0 bridgehead atoms. The highest BCUT2D eigenvalue weighted by atomic mass is 32.1. The number of hydrogen-bond donors (Lipinski definition) is 1. The molecule has 4 rings (SSSR count). The van der Waals surface area contributed by atoms with Gasteiger partial charge in [-0.25, -0.2) is 0 Å². The number of ketones is 1. The number of nitro benzene ring substituents is 1. The third kappa shape index (κ3) is 3.53. The molecule has 1 aromatic heterocycles. The summed E-state index contributed by atoms with van der Waals surface area (Å²) in [5.41, 5.74) is 3.65. The van der Waals surface area contributed by atoms with Crippen molar-refractivity contribution in [1.82, 2.24) is 9.88 Å². The molecule has 1 aliphatic rings. The van der Waals surface area contributed by atoms with Gasteiger partial charge >= 0.3 is 0 Å². The van der Waals surface area contributed by atoms with Crippen LogP contribution < -0.4 is 5.32 Å². The number of non-ortho nitro benzene ring substituents is 1. The first-order chi connectivity index (χ1) is 14.3. The van der Waals surface area contributed by atoms with Gasteiger partial charge in [-0.1, -0.05) is 42.5 Å². The van der Waals surface area contributed by atoms with Crippen molar-refractivity contribution in [2.24, 2.45) is 0 Å². The van der Waals surface area contributed by atoms with Crippen LogP contribution in [0.25, 0.3) is 17.0 Å². The van der Waals surface area contributed by atoms with Crippen molar-refractivity contribution >= 4 is 51.6 Å². The van der Waals surface area contributed by atoms with E-state index in [9.17, 15) is 19.7 Å². The van der Waals surface area contributed by atoms with Gasteiger partial charge in [0.25, 0.3) is 11.6 Å². The Kier molecular flexibility index (Phi) is 5.01. The number of amides is 1. The molecule has 0 saturated carbocycles. The number of carbonyl (C=O) groups is 2. The number of nitrogens with zero attached hydrogens (tertiary/aromatic N) is 2. The summed E-state index contributed by atoms with van der Waals surface area (Å²) in [5, 5.41) is 14.4. The first-order valence-electron chi connectivity index (χ1n) is 9.25. The minimum atomic E-state index is -0.483. The molecule has 0 spiro atoms. The molecule has 1 N–H and O–H groups in total. The third-order valence-corrected chi connectivity index (χ3v) is 5.42. The molecule has 7 nitrogen and oxygen atoms in total. The van der Waals surface area contributed by atoms with Gasteiger partial charge in [0, 0.05) is 40.8 Å². The largest absolute Gasteiger partial charge is 0.340 e. The summed E-state index contributed by atoms with van der Waals surface area (Å²) >= 11 is 4.96. The van der Waals surface area contributed by atoms with Crippen molar-refractivity contribution in [1.29, 1.82) is 0 Å². The van der Waals surface area contributed by atoms with E-state index in [1.807, 2.05) is 31.2 Å². The summed E-state index contributed by atoms with van der Waals surface area (Å²) in [6.45, 7) is 2.42. The lowest BCUT2D eigenvalue weighted by molar-refractivity contribution is -0.384. The van der Waals surface area contributed by atoms with Crippen LogP contribution in [0, 0.1) is 17.0 Å². The van der Waals surface area contributed by atoms with Gasteiger partial charge in [-0.15, -0.1) is 0 Å². The first kappa shape index (κ1) is 19.7. The average Bonchev–Trinajstić information content (AvgIpc) is 2.96. The summed E-state index contributed by atoms with van der Waals surface area (Å²) in [6.07, 6.45) is 1.65. The number of benzene rings is 2. The van der Waals surface area contributed by atoms with Crippen LogP contribution in [-0.4, -0.2) is 26.2 Å². The highest BCUT2D eigenvalue weighted by Gasteiger charge is 2.27. The van der Waals surface area contributed by atoms with Crippen molar-refractivity contribution < 1.29 is 14.5 Å². The molecule has 2 aromatic carbocycles. The highest BCUT2D eigenvalue weighted by Crippen LogP contribution is 2.29. The lowest BCUT2D eigenvalue weighted by Crippen LogP contribution is -2.39. The summed E-state index contributed by atoms with van der Waals surface area (Å²) < 4.78 is 2.07. The topological polar surface area (TPSA) is 94.2 Å². The molecule has 1 amide bonds. The zero-order valence-corrected chi connectivity index (χ0v) is 16.9. The van der Waals surface area contributed by atoms with Crippen molar-refractivity contribution in [3.05, 3.63) is 81.0 Å². The average molecular weight is 419 g/mol. The second-order valence-corrected chi connectivity index (χ2v) is 7.55. The number of rotatable bonds is 4. The number of nitrogens with one attached hydrogen (secondary N) is 1. The minimum Gasteiger partial charge on any atom is -0.340 e. The van der Waals surface area contributed by atoms with Crippen LogP contribution in [0.3, 0.4) is 0 Å². The second-order valence-electron chi connectivity index (χ2n) is 7.06. The Morgan fingerprint density at radius 1 is 1.17 bits per heavy atom. The molecule has 1 fully saturated rings. The molecule has 30 heavy (non-hydrogen) atoms. The van der Waals surface area contributed by atoms with Gasteiger partial charge in [0.15, 0.2) is 5.78 Å². The molecule has 2 heterocycles. The molecule has 0 radical (unpaired) electrons. The van der Waals surface area contributed by atoms with Crippen LogP contribution in [0.1, 0.15) is 23.2 Å². The number of Topliss-reactive ketones (excluding diaryl/α,β-unsaturated/α-hetero) is 1. The predicted octanol–water partition coefficient (Wildman–Crippen LogP) is 3.71. The molecule has 0 atom stereocenters. The van der Waals surface area contributed by atoms with E-state index in [1.54, 1.807) is 18.2 Å². The summed E-state index contributed by atoms with van der Waals surface area (Å²) in [4.78, 5) is 35.4. The van der Waals surface area contributed by atoms with Crippen LogP contribution in [0.4, 0.5) is 5.69 Å². The quantitative estimate of drug-likeness (QED) is 0.229. The normalized spacial score (nSPS) is 15.6. The highest BCUT2D eigenvalue weighted by molar-refractivity contribution is 7.80. The lowest BCUT2D eigenvalue weighted by Gasteiger charge is -2.15. The molecule has 0 unspecified atom stereocenters. The van der Waals surface area contributed by atoms with Crippen molar-refractivity contribution in [3.63, 3.8) is 0 Å². The number of thiocarbonyl (C=S) groups is 1. The molecule has 0 aliphatic carbocycles. The maximum Gasteiger partial charge on any atom is 0.269 e. The molecular formula is C22H17N3O4S. The van der Waals surface area contributed by atoms with Gasteiger partial charge in [0.2, 0.25) is 0 Å². The zero-order valence-electron chi connectivity index (χ0n) is 16.0. The Bertz CT molecular complexity index is 1230. The number of hydrogen-bond acceptors (Lipinski definition) is 5. The van der Waals surface area contributed by atoms with Crippen LogP contribution >= 0.6 is 12.2 Å². The van der Waals surface area contributed by atoms with Crippen LogP contribution in [0.15, 0.2) is 54.1 Å². The van der Waals surface area contributed by atoms with Gasteiger partial charge in [0.05, 0.1) is 21.9 Å². The van der Waals surface area contributed by atoms with E-state index in [4.69, 9.17) is 12.2 Å². The number of nitro groups is 1. The maximum atomic E-state index is 12.4. The molecule has 3 aromatic rings. The number of para-hydroxylation sites is 1. The van der Waals surface area contributed by atoms with Crippen molar-refractivity contribution in [2.45, 2.75) is 19.9 Å². The number of fused-ring (bicyclic) bond motifs is 1. The Hall–Kier alpha value is -3.65. The number of carbonyl (C=O) groups excluding carboxylic acids is 2. The molecule has 8 heteroatoms. The van der Waals surface area contributed by atoms with E-state index in [2.05, 4.69) is 9.88 Å². The van der Waals surface area contributed by atoms with E-state index < -0.39 is 10.8 Å². The first-order valence-corrected chi connectivity index (χ1v) is 9.66. The number of piperidine rings is 1. The van der Waals surface area contributed by atoms with Gasteiger partial charge < -0.3 is 9.88 Å². The monoisotopic (exact) mass is 419 g/mol. The third-order valence-electron chi connectivity index (χ3n) is 5.18. The fourth-order valence-corrected chi connectivity index (χ4v) is 3.87. The summed E-state index contributed by atoms with van der Waals surface area (Å²) in [6, 6.07) is 14.1. The van der Waals surface area contributed by atoms with E-state index in [-0.39, 0.29) is 28.5 Å². The van der Waals surface area contributed by atoms with Gasteiger partial charge in [-0.05, 0) is 24.6 Å². The fraction of sp³-hybridized carbons (Fsp3) is 0.136. The van der Waals surface area contributed by atoms with Gasteiger partial charge in [-0.2, -0.15) is 0 Å². The Labute approximate surface area is 177 Å². The Morgan fingerprint density at radius 3 is 2.53 bits per heavy atom. The standard InChI is InChI=1S/C22H17N3O4S/c1-13-17(10-18-20(26)11-21(30)23-22(18)27)16-4-2-3-5-19(16)24(13)12-14-6-8-15(9-7-14)25(28)29/h2-10H,11-12H2,1H3,(H,23,27,30)/b18-10-. The smallest absolute Gasteiger partial charge is 0.269 e. The van der Waals surface area contributed by atoms with Crippen molar-refractivity contribution in [3.8, 4) is 0 Å². The van der Waals surface area contributed by atoms with Gasteiger partial charge in [0.1, 0.15) is 0 Å². The van der Waals surface area contributed by atoms with E-state index in [0.717, 1.165) is 27.7 Å². The van der Waals surface area contributed by atoms with Crippen LogP contribution in [0.5, 0.6) is 0 Å². The molecule has 150 valence electrons. The number of aromatic nitrogens is 1. The molecular weight excluding hydrogens is 402 g/mol. The molecule has 1 saturated heterocycles. The minimum absolute atomic E-state index is 0.0212. The molecule has 1 aliphatic heterocycles. The van der Waals surface area contributed by atoms with Crippen molar-refractivity contribution in [2.75, 3.05) is 0 Å². The predicted molar refractivity (Wildman–Crippen MR) is 117 cm³/mol. The van der Waals surface area contributed by atoms with E-state index in [0.29, 0.717) is 6.54 Å². The Balaban J connectivity index is 1.79. The maximum absolute atomic E-state index is 12.4. The second kappa shape index (κ2) is 7.64. The lowest BCUT2D eigenvalue weighted by atomic mass is 9.99. The van der Waals surface area contributed by atoms with Crippen LogP contribution in [0.2, 0.25) is 0 Å². The summed E-state index contributed by atoms with van der Waals surface area (Å²) in [7, 11) is 0. The summed E-state index contributed by atoms with van der Waals surface area (Å²) in [5.74, 6) is -0.779.